The van der Waals surface area contributed by atoms with Crippen LogP contribution in [0.15, 0.2) is 188 Å². The molecule has 3 rings (SSSR count). The van der Waals surface area contributed by atoms with Crippen LogP contribution in [-0.4, -0.2) is 0 Å². The Morgan fingerprint density at radius 2 is 1.21 bits per heavy atom. The molecule has 1 aliphatic heterocycles. The van der Waals surface area contributed by atoms with E-state index in [1.807, 2.05) is 19.1 Å². The van der Waals surface area contributed by atoms with Crippen molar-refractivity contribution in [1.82, 2.24) is 0 Å². The molecule has 1 aromatic rings. The Kier molecular flexibility index (Phi) is 8.55. The largest absolute Gasteiger partial charge is 0.455 e. The number of hydrogen-bond donors (Lipinski definition) is 0. The average Bonchev–Trinajstić information content (AvgIpc) is 3.18. The molecular weight excluding hydrogens is 460 g/mol. The van der Waals surface area contributed by atoms with Crippen molar-refractivity contribution in [2.75, 3.05) is 0 Å². The lowest BCUT2D eigenvalue weighted by Gasteiger charge is -2.42. The molecule has 0 N–H and O–H groups in total. The Hall–Kier alpha value is -4.62. The number of fused-ring (bicyclic) bond motifs is 2. The molecule has 0 amide bonds. The lowest BCUT2D eigenvalue weighted by Crippen LogP contribution is -2.36. The molecular formula is C37H36O. The smallest absolute Gasteiger partial charge is 0.138 e. The fraction of sp³-hybridized carbons (Fsp3) is 0.0811. The summed E-state index contributed by atoms with van der Waals surface area (Å²) in [6.45, 7) is 36.8. The van der Waals surface area contributed by atoms with Crippen molar-refractivity contribution in [2.24, 2.45) is 0 Å². The second kappa shape index (κ2) is 11.6. The predicted molar refractivity (Wildman–Crippen MR) is 166 cm³/mol. The molecule has 0 saturated heterocycles. The molecule has 1 spiro atoms. The van der Waals surface area contributed by atoms with Gasteiger partial charge in [0.15, 0.2) is 0 Å². The summed E-state index contributed by atoms with van der Waals surface area (Å²) >= 11 is 0. The van der Waals surface area contributed by atoms with Gasteiger partial charge in [-0.25, -0.2) is 0 Å². The van der Waals surface area contributed by atoms with Gasteiger partial charge in [0.05, 0.1) is 5.41 Å². The first-order valence-corrected chi connectivity index (χ1v) is 12.5. The molecule has 0 unspecified atom stereocenters. The first kappa shape index (κ1) is 28.0. The number of benzene rings is 1. The highest BCUT2D eigenvalue weighted by atomic mass is 16.5. The molecule has 1 aromatic carbocycles. The molecule has 0 bridgehead atoms. The van der Waals surface area contributed by atoms with Crippen molar-refractivity contribution in [3.8, 4) is 0 Å². The summed E-state index contributed by atoms with van der Waals surface area (Å²) in [7, 11) is 0. The summed E-state index contributed by atoms with van der Waals surface area (Å²) in [5.41, 5.74) is 8.52. The predicted octanol–water partition coefficient (Wildman–Crippen LogP) is 9.91. The third kappa shape index (κ3) is 4.60. The third-order valence-electron chi connectivity index (χ3n) is 6.91. The van der Waals surface area contributed by atoms with E-state index in [1.54, 1.807) is 24.3 Å². The van der Waals surface area contributed by atoms with E-state index in [9.17, 15) is 0 Å². The quantitative estimate of drug-likeness (QED) is 0.277. The van der Waals surface area contributed by atoms with Crippen LogP contribution in [0.3, 0.4) is 0 Å². The zero-order valence-corrected chi connectivity index (χ0v) is 22.6. The minimum absolute atomic E-state index is 0.609. The number of allylic oxidation sites excluding steroid dienone is 16. The van der Waals surface area contributed by atoms with Gasteiger partial charge in [-0.05, 0) is 47.3 Å². The number of hydrogen-bond acceptors (Lipinski definition) is 1. The van der Waals surface area contributed by atoms with E-state index in [-0.39, 0.29) is 0 Å². The third-order valence-corrected chi connectivity index (χ3v) is 6.91. The molecule has 190 valence electrons. The van der Waals surface area contributed by atoms with Crippen LogP contribution in [0.2, 0.25) is 0 Å². The molecule has 0 atom stereocenters. The molecule has 0 radical (unpaired) electrons. The van der Waals surface area contributed by atoms with E-state index in [0.29, 0.717) is 22.7 Å². The van der Waals surface area contributed by atoms with E-state index >= 15 is 0 Å². The fourth-order valence-corrected chi connectivity index (χ4v) is 4.98. The zero-order valence-electron chi connectivity index (χ0n) is 22.6. The van der Waals surface area contributed by atoms with Crippen LogP contribution in [0.1, 0.15) is 25.0 Å². The second-order valence-corrected chi connectivity index (χ2v) is 9.11. The van der Waals surface area contributed by atoms with Gasteiger partial charge in [-0.1, -0.05) is 138 Å². The van der Waals surface area contributed by atoms with Crippen LogP contribution in [0.4, 0.5) is 0 Å². The van der Waals surface area contributed by atoms with E-state index in [0.717, 1.165) is 39.0 Å². The monoisotopic (exact) mass is 496 g/mol. The van der Waals surface area contributed by atoms with Gasteiger partial charge in [0.2, 0.25) is 0 Å². The summed E-state index contributed by atoms with van der Waals surface area (Å²) in [5, 5.41) is 0. The van der Waals surface area contributed by atoms with Gasteiger partial charge in [0.25, 0.3) is 0 Å². The van der Waals surface area contributed by atoms with E-state index in [2.05, 4.69) is 108 Å². The van der Waals surface area contributed by atoms with Gasteiger partial charge in [-0.2, -0.15) is 0 Å². The van der Waals surface area contributed by atoms with Gasteiger partial charge >= 0.3 is 0 Å². The molecule has 38 heavy (non-hydrogen) atoms. The van der Waals surface area contributed by atoms with Crippen LogP contribution in [-0.2, 0) is 10.2 Å². The summed E-state index contributed by atoms with van der Waals surface area (Å²) in [4.78, 5) is 0. The van der Waals surface area contributed by atoms with Crippen molar-refractivity contribution in [1.29, 1.82) is 0 Å². The Labute approximate surface area is 228 Å². The molecule has 2 aliphatic rings. The van der Waals surface area contributed by atoms with Gasteiger partial charge in [0, 0.05) is 22.3 Å². The van der Waals surface area contributed by atoms with Crippen molar-refractivity contribution in [2.45, 2.75) is 19.3 Å². The van der Waals surface area contributed by atoms with Crippen LogP contribution in [0, 0.1) is 0 Å². The van der Waals surface area contributed by atoms with Gasteiger partial charge < -0.3 is 4.74 Å². The maximum absolute atomic E-state index is 6.67. The fourth-order valence-electron chi connectivity index (χ4n) is 4.98. The van der Waals surface area contributed by atoms with Crippen LogP contribution in [0.25, 0.3) is 5.57 Å². The van der Waals surface area contributed by atoms with Crippen LogP contribution >= 0.6 is 0 Å². The van der Waals surface area contributed by atoms with Crippen molar-refractivity contribution >= 4 is 5.57 Å². The minimum Gasteiger partial charge on any atom is -0.455 e. The molecule has 1 aliphatic carbocycles. The van der Waals surface area contributed by atoms with Crippen molar-refractivity contribution < 1.29 is 4.74 Å². The SMILES string of the molecule is C=CC(=C)/C=C\C1=C(C(=C)C=C)OC(C(=C)C=C)=C(/C=C\C(=C)C=C)C12C(/C=C\C)=C(C)c1ccccc12. The van der Waals surface area contributed by atoms with Crippen LogP contribution in [0.5, 0.6) is 0 Å². The normalized spacial score (nSPS) is 16.3. The van der Waals surface area contributed by atoms with E-state index < -0.39 is 5.41 Å². The standard InChI is InChI=1S/C37H36O/c1-11-18-31-29(10)30-19-16-17-20-32(30)37(31)33(23-21-25(6)12-2)35(27(8)14-4)38-36(28(9)15-5)34(37)24-22-26(7)13-3/h11-24H,2-9H2,1,10H3/b18-11-,23-21-,24-22-. The molecule has 0 saturated carbocycles. The Morgan fingerprint density at radius 3 is 1.66 bits per heavy atom. The summed E-state index contributed by atoms with van der Waals surface area (Å²) < 4.78 is 6.67. The lowest BCUT2D eigenvalue weighted by atomic mass is 9.63. The van der Waals surface area contributed by atoms with Gasteiger partial charge in [0.1, 0.15) is 11.5 Å². The number of rotatable bonds is 11. The molecule has 0 aromatic heterocycles. The number of ether oxygens (including phenoxy) is 1. The van der Waals surface area contributed by atoms with Gasteiger partial charge in [-0.3, -0.25) is 0 Å². The first-order chi connectivity index (χ1) is 18.2. The summed E-state index contributed by atoms with van der Waals surface area (Å²) in [6, 6.07) is 8.48. The zero-order chi connectivity index (χ0) is 28.0. The maximum atomic E-state index is 6.67. The maximum Gasteiger partial charge on any atom is 0.138 e. The average molecular weight is 497 g/mol. The Morgan fingerprint density at radius 1 is 0.711 bits per heavy atom. The highest BCUT2D eigenvalue weighted by Gasteiger charge is 2.52. The molecule has 1 heteroatoms. The van der Waals surface area contributed by atoms with Crippen molar-refractivity contribution in [3.63, 3.8) is 0 Å². The summed E-state index contributed by atoms with van der Waals surface area (Å²) in [5.74, 6) is 1.22. The highest BCUT2D eigenvalue weighted by molar-refractivity contribution is 5.89. The first-order valence-electron chi connectivity index (χ1n) is 12.5. The molecule has 0 fully saturated rings. The minimum atomic E-state index is -0.760. The van der Waals surface area contributed by atoms with Crippen LogP contribution < -0.4 is 0 Å². The Balaban J connectivity index is 2.69. The van der Waals surface area contributed by atoms with E-state index in [1.165, 1.54) is 5.57 Å². The second-order valence-electron chi connectivity index (χ2n) is 9.11. The lowest BCUT2D eigenvalue weighted by molar-refractivity contribution is 0.298. The summed E-state index contributed by atoms with van der Waals surface area (Å²) in [6.07, 6.45) is 19.1. The molecule has 1 heterocycles. The Bertz CT molecular complexity index is 1400. The van der Waals surface area contributed by atoms with E-state index in [4.69, 9.17) is 4.74 Å². The van der Waals surface area contributed by atoms with Gasteiger partial charge in [-0.15, -0.1) is 0 Å². The highest BCUT2D eigenvalue weighted by Crippen LogP contribution is 2.60. The van der Waals surface area contributed by atoms with Crippen molar-refractivity contribution in [3.05, 3.63) is 199 Å². The topological polar surface area (TPSA) is 9.23 Å². The molecule has 1 nitrogen and oxygen atoms in total.